The summed E-state index contributed by atoms with van der Waals surface area (Å²) < 4.78 is 7.87. The Morgan fingerprint density at radius 3 is 3.00 bits per heavy atom. The SMILES string of the molecule is Cc1nnc2n1CCN(CCOc1ccccc1C#N)C2. The molecule has 0 unspecified atom stereocenters. The molecule has 108 valence electrons. The zero-order valence-electron chi connectivity index (χ0n) is 12.0. The van der Waals surface area contributed by atoms with Crippen molar-refractivity contribution in [1.82, 2.24) is 19.7 Å². The van der Waals surface area contributed by atoms with Gasteiger partial charge < -0.3 is 9.30 Å². The molecule has 2 aromatic rings. The molecule has 0 aliphatic carbocycles. The quantitative estimate of drug-likeness (QED) is 0.847. The second-order valence-corrected chi connectivity index (χ2v) is 5.05. The van der Waals surface area contributed by atoms with Gasteiger partial charge in [0, 0.05) is 19.6 Å². The molecule has 0 N–H and O–H groups in total. The summed E-state index contributed by atoms with van der Waals surface area (Å²) in [7, 11) is 0. The lowest BCUT2D eigenvalue weighted by molar-refractivity contribution is 0.174. The molecule has 0 bridgehead atoms. The summed E-state index contributed by atoms with van der Waals surface area (Å²) in [5.41, 5.74) is 0.575. The Kier molecular flexibility index (Phi) is 3.84. The first kappa shape index (κ1) is 13.6. The molecule has 1 aliphatic rings. The van der Waals surface area contributed by atoms with Gasteiger partial charge in [0.15, 0.2) is 0 Å². The lowest BCUT2D eigenvalue weighted by atomic mass is 10.2. The van der Waals surface area contributed by atoms with Gasteiger partial charge in [-0.15, -0.1) is 10.2 Å². The van der Waals surface area contributed by atoms with E-state index < -0.39 is 0 Å². The number of rotatable bonds is 4. The van der Waals surface area contributed by atoms with Gasteiger partial charge in [-0.3, -0.25) is 4.90 Å². The normalized spacial score (nSPS) is 14.5. The van der Waals surface area contributed by atoms with E-state index in [0.717, 1.165) is 37.8 Å². The number of nitrogens with zero attached hydrogens (tertiary/aromatic N) is 5. The minimum atomic E-state index is 0.561. The number of aryl methyl sites for hydroxylation is 1. The smallest absolute Gasteiger partial charge is 0.147 e. The predicted octanol–water partition coefficient (Wildman–Crippen LogP) is 1.35. The molecule has 6 heteroatoms. The van der Waals surface area contributed by atoms with E-state index >= 15 is 0 Å². The zero-order valence-corrected chi connectivity index (χ0v) is 12.0. The first-order valence-corrected chi connectivity index (χ1v) is 7.01. The standard InChI is InChI=1S/C15H17N5O/c1-12-17-18-15-11-19(6-7-20(12)15)8-9-21-14-5-3-2-4-13(14)10-16/h2-5H,6-9,11H2,1H3. The summed E-state index contributed by atoms with van der Waals surface area (Å²) in [6, 6.07) is 9.45. The Morgan fingerprint density at radius 2 is 2.14 bits per heavy atom. The monoisotopic (exact) mass is 283 g/mol. The molecule has 1 aromatic heterocycles. The molecule has 0 spiro atoms. The highest BCUT2D eigenvalue weighted by Gasteiger charge is 2.19. The Morgan fingerprint density at radius 1 is 1.29 bits per heavy atom. The summed E-state index contributed by atoms with van der Waals surface area (Å²) in [5, 5.41) is 17.3. The highest BCUT2D eigenvalue weighted by Crippen LogP contribution is 2.17. The van der Waals surface area contributed by atoms with Crippen LogP contribution in [-0.2, 0) is 13.1 Å². The van der Waals surface area contributed by atoms with Crippen molar-refractivity contribution in [3.05, 3.63) is 41.5 Å². The van der Waals surface area contributed by atoms with E-state index in [2.05, 4.69) is 25.7 Å². The van der Waals surface area contributed by atoms with E-state index in [-0.39, 0.29) is 0 Å². The highest BCUT2D eigenvalue weighted by atomic mass is 16.5. The summed E-state index contributed by atoms with van der Waals surface area (Å²) in [6.07, 6.45) is 0. The number of aromatic nitrogens is 3. The molecule has 6 nitrogen and oxygen atoms in total. The summed E-state index contributed by atoms with van der Waals surface area (Å²) in [6.45, 7) is 6.04. The average Bonchev–Trinajstić information content (AvgIpc) is 2.89. The largest absolute Gasteiger partial charge is 0.491 e. The summed E-state index contributed by atoms with van der Waals surface area (Å²) in [4.78, 5) is 2.29. The minimum absolute atomic E-state index is 0.561. The average molecular weight is 283 g/mol. The molecule has 2 heterocycles. The third-order valence-electron chi connectivity index (χ3n) is 3.69. The summed E-state index contributed by atoms with van der Waals surface area (Å²) >= 11 is 0. The number of ether oxygens (including phenoxy) is 1. The van der Waals surface area contributed by atoms with Crippen LogP contribution in [-0.4, -0.2) is 39.4 Å². The topological polar surface area (TPSA) is 67.0 Å². The van der Waals surface area contributed by atoms with Crippen molar-refractivity contribution in [3.8, 4) is 11.8 Å². The van der Waals surface area contributed by atoms with Crippen molar-refractivity contribution in [2.75, 3.05) is 19.7 Å². The van der Waals surface area contributed by atoms with E-state index in [4.69, 9.17) is 10.00 Å². The van der Waals surface area contributed by atoms with Gasteiger partial charge in [-0.2, -0.15) is 5.26 Å². The first-order chi connectivity index (χ1) is 10.3. The Balaban J connectivity index is 1.54. The number of benzene rings is 1. The molecule has 1 aliphatic heterocycles. The van der Waals surface area contributed by atoms with Gasteiger partial charge in [-0.05, 0) is 19.1 Å². The fourth-order valence-corrected chi connectivity index (χ4v) is 2.51. The zero-order chi connectivity index (χ0) is 14.7. The van der Waals surface area contributed by atoms with Crippen LogP contribution in [0.15, 0.2) is 24.3 Å². The van der Waals surface area contributed by atoms with E-state index in [1.165, 1.54) is 0 Å². The second-order valence-electron chi connectivity index (χ2n) is 5.05. The van der Waals surface area contributed by atoms with Crippen LogP contribution in [0.3, 0.4) is 0 Å². The Labute approximate surface area is 123 Å². The maximum Gasteiger partial charge on any atom is 0.147 e. The van der Waals surface area contributed by atoms with Gasteiger partial charge in [0.25, 0.3) is 0 Å². The van der Waals surface area contributed by atoms with E-state index in [1.807, 2.05) is 25.1 Å². The Hall–Kier alpha value is -2.39. The van der Waals surface area contributed by atoms with Crippen molar-refractivity contribution in [2.45, 2.75) is 20.0 Å². The van der Waals surface area contributed by atoms with Crippen molar-refractivity contribution in [3.63, 3.8) is 0 Å². The van der Waals surface area contributed by atoms with Crippen LogP contribution in [0.4, 0.5) is 0 Å². The molecule has 0 radical (unpaired) electrons. The van der Waals surface area contributed by atoms with Crippen LogP contribution in [0, 0.1) is 18.3 Å². The van der Waals surface area contributed by atoms with E-state index in [0.29, 0.717) is 17.9 Å². The maximum absolute atomic E-state index is 9.02. The molecule has 1 aromatic carbocycles. The lowest BCUT2D eigenvalue weighted by Crippen LogP contribution is -2.36. The minimum Gasteiger partial charge on any atom is -0.491 e. The molecule has 0 saturated carbocycles. The first-order valence-electron chi connectivity index (χ1n) is 7.01. The van der Waals surface area contributed by atoms with Crippen LogP contribution < -0.4 is 4.74 Å². The van der Waals surface area contributed by atoms with Crippen LogP contribution in [0.1, 0.15) is 17.2 Å². The molecule has 0 amide bonds. The molecule has 0 atom stereocenters. The van der Waals surface area contributed by atoms with Gasteiger partial charge in [-0.25, -0.2) is 0 Å². The van der Waals surface area contributed by atoms with Gasteiger partial charge in [0.2, 0.25) is 0 Å². The van der Waals surface area contributed by atoms with Gasteiger partial charge in [-0.1, -0.05) is 12.1 Å². The molecule has 0 fully saturated rings. The molecule has 3 rings (SSSR count). The van der Waals surface area contributed by atoms with E-state index in [9.17, 15) is 0 Å². The third-order valence-corrected chi connectivity index (χ3v) is 3.69. The van der Waals surface area contributed by atoms with Crippen molar-refractivity contribution < 1.29 is 4.74 Å². The number of nitriles is 1. The second kappa shape index (κ2) is 5.94. The van der Waals surface area contributed by atoms with Crippen molar-refractivity contribution in [1.29, 1.82) is 5.26 Å². The maximum atomic E-state index is 9.02. The number of hydrogen-bond acceptors (Lipinski definition) is 5. The van der Waals surface area contributed by atoms with Crippen molar-refractivity contribution in [2.24, 2.45) is 0 Å². The van der Waals surface area contributed by atoms with E-state index in [1.54, 1.807) is 6.07 Å². The van der Waals surface area contributed by atoms with Crippen LogP contribution in [0.5, 0.6) is 5.75 Å². The fourth-order valence-electron chi connectivity index (χ4n) is 2.51. The van der Waals surface area contributed by atoms with Gasteiger partial charge >= 0.3 is 0 Å². The van der Waals surface area contributed by atoms with Gasteiger partial charge in [0.1, 0.15) is 30.1 Å². The number of fused-ring (bicyclic) bond motifs is 1. The van der Waals surface area contributed by atoms with Crippen LogP contribution >= 0.6 is 0 Å². The molecular formula is C15H17N5O. The summed E-state index contributed by atoms with van der Waals surface area (Å²) in [5.74, 6) is 2.64. The number of para-hydroxylation sites is 1. The van der Waals surface area contributed by atoms with Crippen molar-refractivity contribution >= 4 is 0 Å². The fraction of sp³-hybridized carbons (Fsp3) is 0.400. The third kappa shape index (κ3) is 2.88. The molecule has 0 saturated heterocycles. The molecular weight excluding hydrogens is 266 g/mol. The van der Waals surface area contributed by atoms with Crippen LogP contribution in [0.2, 0.25) is 0 Å². The lowest BCUT2D eigenvalue weighted by Gasteiger charge is -2.27. The number of hydrogen-bond donors (Lipinski definition) is 0. The van der Waals surface area contributed by atoms with Gasteiger partial charge in [0.05, 0.1) is 12.1 Å². The van der Waals surface area contributed by atoms with Crippen LogP contribution in [0.25, 0.3) is 0 Å². The molecule has 21 heavy (non-hydrogen) atoms. The highest BCUT2D eigenvalue weighted by molar-refractivity contribution is 5.42. The predicted molar refractivity (Wildman–Crippen MR) is 76.7 cm³/mol. The Bertz CT molecular complexity index is 673.